The molecule has 156 valence electrons. The molecule has 0 spiro atoms. The first-order valence-corrected chi connectivity index (χ1v) is 9.85. The van der Waals surface area contributed by atoms with Crippen LogP contribution in [-0.4, -0.2) is 39.6 Å². The Kier molecular flexibility index (Phi) is 5.76. The predicted octanol–water partition coefficient (Wildman–Crippen LogP) is 4.51. The molecular weight excluding hydrogens is 385 g/mol. The van der Waals surface area contributed by atoms with Gasteiger partial charge >= 0.3 is 0 Å². The van der Waals surface area contributed by atoms with Gasteiger partial charge in [-0.1, -0.05) is 35.5 Å². The quantitative estimate of drug-likeness (QED) is 0.461. The van der Waals surface area contributed by atoms with Gasteiger partial charge < -0.3 is 19.1 Å². The third kappa shape index (κ3) is 4.49. The Morgan fingerprint density at radius 3 is 2.70 bits per heavy atom. The number of alkyl halides is 1. The maximum Gasteiger partial charge on any atom is 0.253 e. The lowest BCUT2D eigenvalue weighted by Crippen LogP contribution is -2.26. The van der Waals surface area contributed by atoms with Gasteiger partial charge in [0.15, 0.2) is 0 Å². The molecule has 2 heterocycles. The normalized spacial score (nSPS) is 12.6. The van der Waals surface area contributed by atoms with Gasteiger partial charge in [-0.05, 0) is 37.6 Å². The van der Waals surface area contributed by atoms with Crippen molar-refractivity contribution in [3.05, 3.63) is 60.0 Å². The van der Waals surface area contributed by atoms with Crippen LogP contribution in [-0.2, 0) is 17.8 Å². The van der Waals surface area contributed by atoms with E-state index in [1.807, 2.05) is 55.6 Å². The summed E-state index contributed by atoms with van der Waals surface area (Å²) in [5, 5.41) is 3.99. The molecule has 30 heavy (non-hydrogen) atoms. The van der Waals surface area contributed by atoms with Crippen LogP contribution in [0.3, 0.4) is 0 Å². The molecule has 1 atom stereocenters. The number of H-pyrrole nitrogens is 1. The van der Waals surface area contributed by atoms with Crippen molar-refractivity contribution in [1.29, 1.82) is 0 Å². The first kappa shape index (κ1) is 20.0. The number of fused-ring (bicyclic) bond motifs is 1. The molecule has 7 nitrogen and oxygen atoms in total. The molecule has 0 aliphatic heterocycles. The number of imidazole rings is 1. The molecule has 2 aromatic carbocycles. The fourth-order valence-electron chi connectivity index (χ4n) is 3.00. The first-order valence-electron chi connectivity index (χ1n) is 9.85. The summed E-state index contributed by atoms with van der Waals surface area (Å²) < 4.78 is 24.5. The van der Waals surface area contributed by atoms with Gasteiger partial charge in [0.1, 0.15) is 6.61 Å². The number of nitrogens with zero attached hydrogens (tertiary/aromatic N) is 4. The minimum absolute atomic E-state index is 0.0867. The second kappa shape index (κ2) is 8.62. The summed E-state index contributed by atoms with van der Waals surface area (Å²) in [6.45, 7) is 4.11. The average molecular weight is 409 g/mol. The average Bonchev–Trinajstić information content (AvgIpc) is 3.38. The lowest BCUT2D eigenvalue weighted by molar-refractivity contribution is -0.0562. The van der Waals surface area contributed by atoms with Crippen molar-refractivity contribution >= 4 is 17.0 Å². The van der Waals surface area contributed by atoms with Gasteiger partial charge in [0.2, 0.25) is 18.1 Å². The largest absolute Gasteiger partial charge is 0.343 e. The van der Waals surface area contributed by atoms with Crippen molar-refractivity contribution in [1.82, 2.24) is 20.1 Å². The smallest absolute Gasteiger partial charge is 0.253 e. The van der Waals surface area contributed by atoms with Crippen molar-refractivity contribution in [2.75, 3.05) is 11.9 Å². The van der Waals surface area contributed by atoms with E-state index in [0.29, 0.717) is 11.9 Å². The Labute approximate surface area is 173 Å². The zero-order valence-electron chi connectivity index (χ0n) is 17.2. The topological polar surface area (TPSA) is 80.1 Å². The Balaban J connectivity index is 1.42. The van der Waals surface area contributed by atoms with Crippen LogP contribution >= 0.6 is 0 Å². The van der Waals surface area contributed by atoms with E-state index in [1.165, 1.54) is 0 Å². The molecular formula is C22H24FN5O2. The summed E-state index contributed by atoms with van der Waals surface area (Å²) in [7, 11) is 1.99. The van der Waals surface area contributed by atoms with Crippen molar-refractivity contribution < 1.29 is 13.7 Å². The van der Waals surface area contributed by atoms with Crippen LogP contribution in [0.15, 0.2) is 53.1 Å². The van der Waals surface area contributed by atoms with Gasteiger partial charge in [0.05, 0.1) is 11.0 Å². The molecule has 0 radical (unpaired) electrons. The lowest BCUT2D eigenvalue weighted by Gasteiger charge is -2.19. The summed E-state index contributed by atoms with van der Waals surface area (Å²) in [4.78, 5) is 14.3. The summed E-state index contributed by atoms with van der Waals surface area (Å²) in [6.07, 6.45) is -1.27. The fraction of sp³-hybridized carbons (Fsp3) is 0.318. The van der Waals surface area contributed by atoms with Gasteiger partial charge in [0, 0.05) is 25.1 Å². The Bertz CT molecular complexity index is 1110. The first-order chi connectivity index (χ1) is 14.5. The third-order valence-electron chi connectivity index (χ3n) is 4.93. The number of rotatable bonds is 8. The molecule has 0 amide bonds. The van der Waals surface area contributed by atoms with Crippen molar-refractivity contribution in [3.63, 3.8) is 0 Å². The van der Waals surface area contributed by atoms with E-state index >= 15 is 0 Å². The number of aromatic amines is 1. The molecule has 0 aliphatic rings. The van der Waals surface area contributed by atoms with Crippen LogP contribution in [0.25, 0.3) is 22.4 Å². The van der Waals surface area contributed by atoms with Crippen LogP contribution < -0.4 is 4.90 Å². The van der Waals surface area contributed by atoms with E-state index in [-0.39, 0.29) is 18.9 Å². The van der Waals surface area contributed by atoms with Gasteiger partial charge in [-0.15, -0.1) is 0 Å². The number of hydrogen-bond donors (Lipinski definition) is 1. The molecule has 1 unspecified atom stereocenters. The standard InChI is InChI=1S/C22H24FN5O2/c1-14(2)28(3)22-24-17-10-9-16(12-18(17)25-22)21-26-20(30-27-21)13-29-19(23)11-15-7-5-4-6-8-15/h4-10,12,14,19H,11,13H2,1-3H3,(H,24,25). The summed E-state index contributed by atoms with van der Waals surface area (Å²) in [5.74, 6) is 1.44. The van der Waals surface area contributed by atoms with E-state index in [2.05, 4.69) is 38.9 Å². The molecule has 0 bridgehead atoms. The highest BCUT2D eigenvalue weighted by Crippen LogP contribution is 2.24. The molecule has 0 saturated heterocycles. The summed E-state index contributed by atoms with van der Waals surface area (Å²) >= 11 is 0. The minimum atomic E-state index is -1.44. The maximum atomic E-state index is 14.1. The van der Waals surface area contributed by atoms with E-state index in [1.54, 1.807) is 0 Å². The molecule has 8 heteroatoms. The minimum Gasteiger partial charge on any atom is -0.343 e. The number of halogens is 1. The SMILES string of the molecule is CC(C)N(C)c1nc2ccc(-c3noc(COC(F)Cc4ccccc4)n3)cc2[nH]1. The van der Waals surface area contributed by atoms with Crippen molar-refractivity contribution in [2.24, 2.45) is 0 Å². The van der Waals surface area contributed by atoms with Gasteiger partial charge in [-0.25, -0.2) is 9.37 Å². The molecule has 0 saturated carbocycles. The highest BCUT2D eigenvalue weighted by Gasteiger charge is 2.15. The molecule has 2 aromatic heterocycles. The maximum absolute atomic E-state index is 14.1. The number of hydrogen-bond acceptors (Lipinski definition) is 6. The van der Waals surface area contributed by atoms with E-state index in [9.17, 15) is 4.39 Å². The molecule has 4 rings (SSSR count). The van der Waals surface area contributed by atoms with Gasteiger partial charge in [-0.2, -0.15) is 4.98 Å². The van der Waals surface area contributed by atoms with Crippen molar-refractivity contribution in [2.45, 2.75) is 39.3 Å². The van der Waals surface area contributed by atoms with E-state index < -0.39 is 6.36 Å². The molecule has 4 aromatic rings. The molecule has 1 N–H and O–H groups in total. The van der Waals surface area contributed by atoms with Crippen LogP contribution in [0.5, 0.6) is 0 Å². The monoisotopic (exact) mass is 409 g/mol. The Morgan fingerprint density at radius 2 is 1.93 bits per heavy atom. The molecule has 0 fully saturated rings. The van der Waals surface area contributed by atoms with Crippen LogP contribution in [0.1, 0.15) is 25.3 Å². The van der Waals surface area contributed by atoms with Crippen LogP contribution in [0.4, 0.5) is 10.3 Å². The molecule has 0 aliphatic carbocycles. The number of anilines is 1. The van der Waals surface area contributed by atoms with Crippen LogP contribution in [0.2, 0.25) is 0 Å². The second-order valence-electron chi connectivity index (χ2n) is 7.42. The second-order valence-corrected chi connectivity index (χ2v) is 7.42. The third-order valence-corrected chi connectivity index (χ3v) is 4.93. The van der Waals surface area contributed by atoms with E-state index in [0.717, 1.165) is 28.1 Å². The highest BCUT2D eigenvalue weighted by atomic mass is 19.1. The number of aromatic nitrogens is 4. The Morgan fingerprint density at radius 1 is 1.13 bits per heavy atom. The highest BCUT2D eigenvalue weighted by molar-refractivity contribution is 5.82. The fourth-order valence-corrected chi connectivity index (χ4v) is 3.00. The lowest BCUT2D eigenvalue weighted by atomic mass is 10.1. The van der Waals surface area contributed by atoms with E-state index in [4.69, 9.17) is 9.26 Å². The predicted molar refractivity (Wildman–Crippen MR) is 113 cm³/mol. The van der Waals surface area contributed by atoms with Gasteiger partial charge in [-0.3, -0.25) is 0 Å². The van der Waals surface area contributed by atoms with Crippen LogP contribution in [0, 0.1) is 0 Å². The zero-order chi connectivity index (χ0) is 21.1. The Hall–Kier alpha value is -3.26. The number of benzene rings is 2. The number of ether oxygens (including phenoxy) is 1. The summed E-state index contributed by atoms with van der Waals surface area (Å²) in [6, 6.07) is 15.4. The number of nitrogens with one attached hydrogen (secondary N) is 1. The zero-order valence-corrected chi connectivity index (χ0v) is 17.2. The summed E-state index contributed by atoms with van der Waals surface area (Å²) in [5.41, 5.74) is 3.38. The van der Waals surface area contributed by atoms with Crippen molar-refractivity contribution in [3.8, 4) is 11.4 Å². The van der Waals surface area contributed by atoms with Gasteiger partial charge in [0.25, 0.3) is 5.89 Å².